The molecule has 0 aliphatic heterocycles. The fourth-order valence-electron chi connectivity index (χ4n) is 2.20. The minimum atomic E-state index is -0.528. The van der Waals surface area contributed by atoms with Crippen LogP contribution < -0.4 is 14.8 Å². The molecule has 1 N–H and O–H groups in total. The van der Waals surface area contributed by atoms with Crippen molar-refractivity contribution in [3.8, 4) is 11.5 Å². The molecule has 0 heterocycles. The average Bonchev–Trinajstić information content (AvgIpc) is 2.60. The molecule has 0 saturated carbocycles. The molecule has 0 fully saturated rings. The monoisotopic (exact) mass is 313 g/mol. The number of methoxy groups -OCH3 is 1. The molecule has 4 nitrogen and oxygen atoms in total. The average molecular weight is 313 g/mol. The van der Waals surface area contributed by atoms with Crippen molar-refractivity contribution in [1.29, 1.82) is 0 Å². The molecule has 23 heavy (non-hydrogen) atoms. The Bertz CT molecular complexity index is 596. The minimum absolute atomic E-state index is 0.103. The first-order valence-electron chi connectivity index (χ1n) is 7.81. The van der Waals surface area contributed by atoms with Crippen molar-refractivity contribution in [2.24, 2.45) is 0 Å². The second kappa shape index (κ2) is 8.83. The Hall–Kier alpha value is -2.49. The molecule has 0 aromatic heterocycles. The van der Waals surface area contributed by atoms with E-state index in [0.717, 1.165) is 18.6 Å². The van der Waals surface area contributed by atoms with E-state index in [9.17, 15) is 4.79 Å². The van der Waals surface area contributed by atoms with Gasteiger partial charge in [-0.1, -0.05) is 30.3 Å². The van der Waals surface area contributed by atoms with Crippen molar-refractivity contribution in [2.75, 3.05) is 13.7 Å². The topological polar surface area (TPSA) is 47.6 Å². The van der Waals surface area contributed by atoms with E-state index in [1.165, 1.54) is 5.56 Å². The number of amides is 1. The lowest BCUT2D eigenvalue weighted by molar-refractivity contribution is -0.127. The molecule has 2 aromatic rings. The first-order valence-corrected chi connectivity index (χ1v) is 7.81. The Morgan fingerprint density at radius 1 is 1.04 bits per heavy atom. The van der Waals surface area contributed by atoms with Crippen LogP contribution in [0.3, 0.4) is 0 Å². The van der Waals surface area contributed by atoms with Gasteiger partial charge in [-0.15, -0.1) is 0 Å². The summed E-state index contributed by atoms with van der Waals surface area (Å²) in [5, 5.41) is 2.91. The molecule has 4 heteroatoms. The number of rotatable bonds is 8. The van der Waals surface area contributed by atoms with E-state index < -0.39 is 6.10 Å². The van der Waals surface area contributed by atoms with Crippen molar-refractivity contribution in [3.05, 3.63) is 60.2 Å². The van der Waals surface area contributed by atoms with Crippen LogP contribution in [-0.2, 0) is 11.2 Å². The summed E-state index contributed by atoms with van der Waals surface area (Å²) >= 11 is 0. The van der Waals surface area contributed by atoms with Crippen molar-refractivity contribution >= 4 is 5.91 Å². The van der Waals surface area contributed by atoms with E-state index in [1.54, 1.807) is 38.3 Å². The maximum atomic E-state index is 12.0. The lowest BCUT2D eigenvalue weighted by atomic mass is 10.1. The molecule has 1 amide bonds. The Morgan fingerprint density at radius 2 is 1.70 bits per heavy atom. The van der Waals surface area contributed by atoms with Gasteiger partial charge in [-0.3, -0.25) is 4.79 Å². The van der Waals surface area contributed by atoms with E-state index in [0.29, 0.717) is 12.3 Å². The Morgan fingerprint density at radius 3 is 2.35 bits per heavy atom. The van der Waals surface area contributed by atoms with Crippen LogP contribution in [-0.4, -0.2) is 25.7 Å². The molecular formula is C19H23NO3. The van der Waals surface area contributed by atoms with Crippen LogP contribution in [0.15, 0.2) is 54.6 Å². The minimum Gasteiger partial charge on any atom is -0.497 e. The number of carbonyl (C=O) groups excluding carboxylic acids is 1. The molecule has 0 saturated heterocycles. The van der Waals surface area contributed by atoms with Gasteiger partial charge in [0.1, 0.15) is 11.5 Å². The highest BCUT2D eigenvalue weighted by atomic mass is 16.5. The summed E-state index contributed by atoms with van der Waals surface area (Å²) in [6, 6.07) is 17.4. The summed E-state index contributed by atoms with van der Waals surface area (Å²) in [6.45, 7) is 2.39. The van der Waals surface area contributed by atoms with Crippen LogP contribution in [0.4, 0.5) is 0 Å². The van der Waals surface area contributed by atoms with Gasteiger partial charge in [0.15, 0.2) is 6.10 Å². The third-order valence-corrected chi connectivity index (χ3v) is 3.53. The zero-order chi connectivity index (χ0) is 16.5. The second-order valence-corrected chi connectivity index (χ2v) is 5.32. The smallest absolute Gasteiger partial charge is 0.260 e. The van der Waals surface area contributed by atoms with Gasteiger partial charge in [-0.05, 0) is 49.6 Å². The zero-order valence-electron chi connectivity index (χ0n) is 13.6. The molecule has 1 atom stereocenters. The maximum absolute atomic E-state index is 12.0. The first kappa shape index (κ1) is 16.9. The Labute approximate surface area is 137 Å². The Balaban J connectivity index is 1.69. The van der Waals surface area contributed by atoms with E-state index >= 15 is 0 Å². The van der Waals surface area contributed by atoms with Gasteiger partial charge < -0.3 is 14.8 Å². The number of nitrogens with one attached hydrogen (secondary N) is 1. The number of benzene rings is 2. The van der Waals surface area contributed by atoms with Gasteiger partial charge in [0.05, 0.1) is 7.11 Å². The van der Waals surface area contributed by atoms with Crippen molar-refractivity contribution in [1.82, 2.24) is 5.32 Å². The third kappa shape index (κ3) is 5.66. The molecule has 2 rings (SSSR count). The summed E-state index contributed by atoms with van der Waals surface area (Å²) in [7, 11) is 1.61. The van der Waals surface area contributed by atoms with Crippen LogP contribution in [0.2, 0.25) is 0 Å². The predicted octanol–water partition coefficient (Wildman–Crippen LogP) is 3.21. The van der Waals surface area contributed by atoms with Crippen molar-refractivity contribution in [2.45, 2.75) is 25.9 Å². The van der Waals surface area contributed by atoms with Gasteiger partial charge in [0, 0.05) is 6.54 Å². The molecule has 0 aliphatic rings. The molecule has 0 radical (unpaired) electrons. The van der Waals surface area contributed by atoms with Gasteiger partial charge in [-0.25, -0.2) is 0 Å². The quantitative estimate of drug-likeness (QED) is 0.761. The van der Waals surface area contributed by atoms with Gasteiger partial charge in [-0.2, -0.15) is 0 Å². The van der Waals surface area contributed by atoms with Crippen LogP contribution in [0.25, 0.3) is 0 Å². The van der Waals surface area contributed by atoms with E-state index in [-0.39, 0.29) is 5.91 Å². The normalized spacial score (nSPS) is 11.6. The Kier molecular flexibility index (Phi) is 6.48. The van der Waals surface area contributed by atoms with E-state index in [4.69, 9.17) is 9.47 Å². The summed E-state index contributed by atoms with van der Waals surface area (Å²) in [5.74, 6) is 1.31. The highest BCUT2D eigenvalue weighted by Crippen LogP contribution is 2.18. The van der Waals surface area contributed by atoms with Gasteiger partial charge in [0.2, 0.25) is 0 Å². The summed E-state index contributed by atoms with van der Waals surface area (Å²) in [5.41, 5.74) is 1.28. The highest BCUT2D eigenvalue weighted by Gasteiger charge is 2.13. The maximum Gasteiger partial charge on any atom is 0.260 e. The van der Waals surface area contributed by atoms with Crippen LogP contribution >= 0.6 is 0 Å². The van der Waals surface area contributed by atoms with Crippen LogP contribution in [0, 0.1) is 0 Å². The van der Waals surface area contributed by atoms with Crippen LogP contribution in [0.5, 0.6) is 11.5 Å². The van der Waals surface area contributed by atoms with Crippen molar-refractivity contribution in [3.63, 3.8) is 0 Å². The molecule has 122 valence electrons. The summed E-state index contributed by atoms with van der Waals surface area (Å²) < 4.78 is 10.7. The number of aryl methyl sites for hydroxylation is 1. The van der Waals surface area contributed by atoms with Gasteiger partial charge >= 0.3 is 0 Å². The number of hydrogen-bond acceptors (Lipinski definition) is 3. The SMILES string of the molecule is COc1ccc(O[C@@H](C)C(=O)NCCCc2ccccc2)cc1. The molecule has 0 aliphatic carbocycles. The summed E-state index contributed by atoms with van der Waals surface area (Å²) in [4.78, 5) is 12.0. The number of ether oxygens (including phenoxy) is 2. The lowest BCUT2D eigenvalue weighted by Crippen LogP contribution is -2.36. The summed E-state index contributed by atoms with van der Waals surface area (Å²) in [6.07, 6.45) is 1.33. The molecule has 0 unspecified atom stereocenters. The predicted molar refractivity (Wildman–Crippen MR) is 90.9 cm³/mol. The lowest BCUT2D eigenvalue weighted by Gasteiger charge is -2.15. The number of hydrogen-bond donors (Lipinski definition) is 1. The first-order chi connectivity index (χ1) is 11.2. The van der Waals surface area contributed by atoms with Crippen LogP contribution in [0.1, 0.15) is 18.9 Å². The molecule has 0 spiro atoms. The van der Waals surface area contributed by atoms with E-state index in [2.05, 4.69) is 17.4 Å². The van der Waals surface area contributed by atoms with Gasteiger partial charge in [0.25, 0.3) is 5.91 Å². The number of carbonyl (C=O) groups is 1. The highest BCUT2D eigenvalue weighted by molar-refractivity contribution is 5.80. The molecule has 0 bridgehead atoms. The zero-order valence-corrected chi connectivity index (χ0v) is 13.6. The standard InChI is InChI=1S/C19H23NO3/c1-15(23-18-12-10-17(22-2)11-13-18)19(21)20-14-6-9-16-7-4-3-5-8-16/h3-5,7-8,10-13,15H,6,9,14H2,1-2H3,(H,20,21)/t15-/m0/s1. The van der Waals surface area contributed by atoms with Crippen molar-refractivity contribution < 1.29 is 14.3 Å². The fraction of sp³-hybridized carbons (Fsp3) is 0.316. The fourth-order valence-corrected chi connectivity index (χ4v) is 2.20. The van der Waals surface area contributed by atoms with E-state index in [1.807, 2.05) is 18.2 Å². The second-order valence-electron chi connectivity index (χ2n) is 5.32. The largest absolute Gasteiger partial charge is 0.497 e. The third-order valence-electron chi connectivity index (χ3n) is 3.53. The molecular weight excluding hydrogens is 290 g/mol. The molecule has 2 aromatic carbocycles.